The van der Waals surface area contributed by atoms with Crippen molar-refractivity contribution in [3.63, 3.8) is 0 Å². The Balaban J connectivity index is 1.33. The largest absolute Gasteiger partial charge is 0.369 e. The van der Waals surface area contributed by atoms with E-state index < -0.39 is 0 Å². The second kappa shape index (κ2) is 7.85. The van der Waals surface area contributed by atoms with Crippen LogP contribution < -0.4 is 15.4 Å². The predicted molar refractivity (Wildman–Crippen MR) is 133 cm³/mol. The van der Waals surface area contributed by atoms with Crippen LogP contribution in [0.5, 0.6) is 0 Å². The zero-order valence-corrected chi connectivity index (χ0v) is 19.7. The lowest BCUT2D eigenvalue weighted by Crippen LogP contribution is -2.51. The van der Waals surface area contributed by atoms with Gasteiger partial charge in [-0.2, -0.15) is 0 Å². The summed E-state index contributed by atoms with van der Waals surface area (Å²) in [5.74, 6) is 0. The molecule has 33 heavy (non-hydrogen) atoms. The normalized spacial score (nSPS) is 23.7. The lowest BCUT2D eigenvalue weighted by Gasteiger charge is -2.43. The molecule has 0 amide bonds. The molecule has 2 saturated heterocycles. The number of rotatable bonds is 2. The lowest BCUT2D eigenvalue weighted by atomic mass is 10.00. The molecule has 2 atom stereocenters. The molecule has 1 aromatic carbocycles. The molecule has 0 radical (unpaired) electrons. The van der Waals surface area contributed by atoms with Gasteiger partial charge < -0.3 is 14.7 Å². The molecule has 7 nitrogen and oxygen atoms in total. The first kappa shape index (κ1) is 20.7. The molecular formula is C26H32N6O. The van der Waals surface area contributed by atoms with Gasteiger partial charge in [-0.1, -0.05) is 6.07 Å². The van der Waals surface area contributed by atoms with Gasteiger partial charge in [0.05, 0.1) is 11.7 Å². The summed E-state index contributed by atoms with van der Waals surface area (Å²) in [5, 5.41) is 1.05. The average Bonchev–Trinajstić information content (AvgIpc) is 3.20. The molecule has 3 aromatic rings. The first-order valence-corrected chi connectivity index (χ1v) is 12.0. The molecule has 3 aliphatic rings. The van der Waals surface area contributed by atoms with Crippen LogP contribution in [0.4, 0.5) is 11.4 Å². The molecule has 7 heteroatoms. The number of benzene rings is 1. The Morgan fingerprint density at radius 3 is 2.61 bits per heavy atom. The van der Waals surface area contributed by atoms with E-state index in [0.29, 0.717) is 12.1 Å². The van der Waals surface area contributed by atoms with Crippen molar-refractivity contribution in [2.24, 2.45) is 7.05 Å². The van der Waals surface area contributed by atoms with Gasteiger partial charge in [-0.25, -0.2) is 4.98 Å². The SMILES string of the molecule is C[C@@H]1CN(c2cc(=O)n(C)c3ncccc23)C[C@@H]2c3ccc(N4CCN(C)CC4)cc3CN12. The van der Waals surface area contributed by atoms with Crippen molar-refractivity contribution in [3.05, 3.63) is 64.1 Å². The molecular weight excluding hydrogens is 412 g/mol. The molecule has 5 heterocycles. The first-order chi connectivity index (χ1) is 16.0. The molecule has 2 fully saturated rings. The van der Waals surface area contributed by atoms with Crippen LogP contribution in [0.2, 0.25) is 0 Å². The summed E-state index contributed by atoms with van der Waals surface area (Å²) in [5.41, 5.74) is 6.01. The van der Waals surface area contributed by atoms with E-state index >= 15 is 0 Å². The number of likely N-dealkylation sites (N-methyl/N-ethyl adjacent to an activating group) is 1. The van der Waals surface area contributed by atoms with E-state index in [2.05, 4.69) is 62.8 Å². The molecule has 0 aliphatic carbocycles. The Morgan fingerprint density at radius 1 is 0.970 bits per heavy atom. The Morgan fingerprint density at radius 2 is 1.79 bits per heavy atom. The van der Waals surface area contributed by atoms with Crippen molar-refractivity contribution < 1.29 is 0 Å². The maximum absolute atomic E-state index is 12.7. The van der Waals surface area contributed by atoms with Crippen molar-refractivity contribution >= 4 is 22.4 Å². The standard InChI is InChI=1S/C26H32N6O/c1-18-15-31(23-14-25(33)29(3)26-22(23)5-4-8-27-26)17-24-21-7-6-20(13-19(21)16-32(18)24)30-11-9-28(2)10-12-30/h4-8,13-14,18,24H,9-12,15-17H2,1-3H3/t18-,24-/m1/s1. The van der Waals surface area contributed by atoms with Crippen LogP contribution in [0.15, 0.2) is 47.4 Å². The van der Waals surface area contributed by atoms with Gasteiger partial charge in [0.15, 0.2) is 0 Å². The Labute approximate surface area is 194 Å². The molecule has 0 spiro atoms. The fourth-order valence-corrected chi connectivity index (χ4v) is 5.89. The number of piperazine rings is 2. The van der Waals surface area contributed by atoms with Crippen molar-refractivity contribution in [2.45, 2.75) is 25.6 Å². The third kappa shape index (κ3) is 3.42. The summed E-state index contributed by atoms with van der Waals surface area (Å²) in [4.78, 5) is 27.1. The third-order valence-corrected chi connectivity index (χ3v) is 7.86. The van der Waals surface area contributed by atoms with Crippen LogP contribution >= 0.6 is 0 Å². The highest BCUT2D eigenvalue weighted by atomic mass is 16.1. The summed E-state index contributed by atoms with van der Waals surface area (Å²) in [6, 6.07) is 13.7. The summed E-state index contributed by atoms with van der Waals surface area (Å²) in [7, 11) is 4.00. The van der Waals surface area contributed by atoms with Gasteiger partial charge in [0, 0.05) is 82.2 Å². The monoisotopic (exact) mass is 444 g/mol. The maximum Gasteiger partial charge on any atom is 0.253 e. The van der Waals surface area contributed by atoms with E-state index in [1.54, 1.807) is 23.9 Å². The number of anilines is 2. The van der Waals surface area contributed by atoms with Gasteiger partial charge in [-0.15, -0.1) is 0 Å². The number of hydrogen-bond acceptors (Lipinski definition) is 6. The molecule has 172 valence electrons. The summed E-state index contributed by atoms with van der Waals surface area (Å²) < 4.78 is 1.64. The van der Waals surface area contributed by atoms with E-state index in [1.165, 1.54) is 16.8 Å². The number of fused-ring (bicyclic) bond motifs is 4. The van der Waals surface area contributed by atoms with Gasteiger partial charge in [-0.05, 0) is 49.4 Å². The summed E-state index contributed by atoms with van der Waals surface area (Å²) in [6.07, 6.45) is 1.76. The number of pyridine rings is 2. The minimum absolute atomic E-state index is 0.00470. The Kier molecular flexibility index (Phi) is 4.92. The van der Waals surface area contributed by atoms with Gasteiger partial charge >= 0.3 is 0 Å². The van der Waals surface area contributed by atoms with Gasteiger partial charge in [-0.3, -0.25) is 14.3 Å². The highest BCUT2D eigenvalue weighted by molar-refractivity contribution is 5.89. The quantitative estimate of drug-likeness (QED) is 0.605. The minimum atomic E-state index is -0.00470. The summed E-state index contributed by atoms with van der Waals surface area (Å²) >= 11 is 0. The van der Waals surface area contributed by atoms with Crippen LogP contribution in [0.25, 0.3) is 11.0 Å². The highest BCUT2D eigenvalue weighted by Crippen LogP contribution is 2.41. The first-order valence-electron chi connectivity index (χ1n) is 12.0. The van der Waals surface area contributed by atoms with Crippen LogP contribution in [-0.2, 0) is 13.6 Å². The van der Waals surface area contributed by atoms with Gasteiger partial charge in [0.25, 0.3) is 5.56 Å². The smallest absolute Gasteiger partial charge is 0.253 e. The lowest BCUT2D eigenvalue weighted by molar-refractivity contribution is 0.134. The fraction of sp³-hybridized carbons (Fsp3) is 0.462. The van der Waals surface area contributed by atoms with Crippen molar-refractivity contribution in [1.82, 2.24) is 19.4 Å². The maximum atomic E-state index is 12.7. The molecule has 0 saturated carbocycles. The van der Waals surface area contributed by atoms with Gasteiger partial charge in [0.1, 0.15) is 5.65 Å². The molecule has 0 unspecified atom stereocenters. The fourth-order valence-electron chi connectivity index (χ4n) is 5.89. The number of hydrogen-bond donors (Lipinski definition) is 0. The Hall–Kier alpha value is -2.90. The van der Waals surface area contributed by atoms with Crippen molar-refractivity contribution in [2.75, 3.05) is 56.1 Å². The molecule has 0 bridgehead atoms. The molecule has 3 aliphatic heterocycles. The number of aromatic nitrogens is 2. The number of nitrogens with zero attached hydrogens (tertiary/aromatic N) is 6. The topological polar surface area (TPSA) is 47.9 Å². The Bertz CT molecular complexity index is 1260. The van der Waals surface area contributed by atoms with Gasteiger partial charge in [0.2, 0.25) is 0 Å². The van der Waals surface area contributed by atoms with Crippen molar-refractivity contribution in [3.8, 4) is 0 Å². The second-order valence-electron chi connectivity index (χ2n) is 9.92. The second-order valence-corrected chi connectivity index (χ2v) is 9.92. The molecule has 6 rings (SSSR count). The van der Waals surface area contributed by atoms with E-state index in [1.807, 2.05) is 6.07 Å². The summed E-state index contributed by atoms with van der Waals surface area (Å²) in [6.45, 7) is 9.56. The van der Waals surface area contributed by atoms with E-state index in [0.717, 1.165) is 62.5 Å². The van der Waals surface area contributed by atoms with Crippen LogP contribution in [0, 0.1) is 0 Å². The molecule has 2 aromatic heterocycles. The van der Waals surface area contributed by atoms with Crippen LogP contribution in [-0.4, -0.2) is 71.7 Å². The zero-order valence-electron chi connectivity index (χ0n) is 19.7. The highest BCUT2D eigenvalue weighted by Gasteiger charge is 2.39. The average molecular weight is 445 g/mol. The van der Waals surface area contributed by atoms with Crippen molar-refractivity contribution in [1.29, 1.82) is 0 Å². The van der Waals surface area contributed by atoms with E-state index in [4.69, 9.17) is 0 Å². The number of aryl methyl sites for hydroxylation is 1. The van der Waals surface area contributed by atoms with E-state index in [-0.39, 0.29) is 5.56 Å². The third-order valence-electron chi connectivity index (χ3n) is 7.86. The van der Waals surface area contributed by atoms with Crippen LogP contribution in [0.1, 0.15) is 24.1 Å². The minimum Gasteiger partial charge on any atom is -0.369 e. The molecule has 0 N–H and O–H groups in total. The van der Waals surface area contributed by atoms with E-state index in [9.17, 15) is 4.79 Å². The predicted octanol–water partition coefficient (Wildman–Crippen LogP) is 2.45. The van der Waals surface area contributed by atoms with Crippen LogP contribution in [0.3, 0.4) is 0 Å². The zero-order chi connectivity index (χ0) is 22.7.